The number of nitrogens with one attached hydrogen (secondary N) is 1. The fraction of sp³-hybridized carbons (Fsp3) is 0.188. The largest absolute Gasteiger partial charge is 0.478 e. The van der Waals surface area contributed by atoms with Crippen LogP contribution in [-0.2, 0) is 6.54 Å². The highest BCUT2D eigenvalue weighted by Crippen LogP contribution is 2.26. The number of fused-ring (bicyclic) bond motifs is 1. The van der Waals surface area contributed by atoms with E-state index in [4.69, 9.17) is 4.42 Å². The molecule has 4 nitrogen and oxygen atoms in total. The van der Waals surface area contributed by atoms with Crippen LogP contribution in [-0.4, -0.2) is 11.1 Å². The predicted molar refractivity (Wildman–Crippen MR) is 82.7 cm³/mol. The second kappa shape index (κ2) is 5.71. The van der Waals surface area contributed by atoms with Gasteiger partial charge in [-0.1, -0.05) is 18.2 Å². The smallest absolute Gasteiger partial charge is 0.339 e. The Morgan fingerprint density at radius 3 is 2.90 bits per heavy atom. The van der Waals surface area contributed by atoms with E-state index in [0.29, 0.717) is 23.3 Å². The predicted octanol–water partition coefficient (Wildman–Crippen LogP) is 4.04. The minimum atomic E-state index is -0.958. The molecule has 5 heteroatoms. The first kappa shape index (κ1) is 13.9. The van der Waals surface area contributed by atoms with Crippen molar-refractivity contribution in [1.29, 1.82) is 0 Å². The summed E-state index contributed by atoms with van der Waals surface area (Å²) in [7, 11) is 0. The molecule has 0 aliphatic rings. The molecule has 1 unspecified atom stereocenters. The standard InChI is InChI=1S/C16H15NO3S/c1-10(11-6-7-21-9-11)17-8-14-15(16(18)19)12-4-2-3-5-13(12)20-14/h2-7,9-10,17H,8H2,1H3,(H,18,19). The molecule has 0 saturated heterocycles. The fourth-order valence-electron chi connectivity index (χ4n) is 2.34. The molecule has 0 aliphatic heterocycles. The molecule has 1 atom stereocenters. The third kappa shape index (κ3) is 2.70. The van der Waals surface area contributed by atoms with E-state index in [1.165, 1.54) is 5.56 Å². The molecule has 0 saturated carbocycles. The van der Waals surface area contributed by atoms with Crippen LogP contribution in [0.2, 0.25) is 0 Å². The number of para-hydroxylation sites is 1. The molecular formula is C16H15NO3S. The molecule has 0 aliphatic carbocycles. The lowest BCUT2D eigenvalue weighted by Crippen LogP contribution is -2.18. The zero-order chi connectivity index (χ0) is 14.8. The summed E-state index contributed by atoms with van der Waals surface area (Å²) in [4.78, 5) is 11.5. The highest BCUT2D eigenvalue weighted by molar-refractivity contribution is 7.07. The quantitative estimate of drug-likeness (QED) is 0.746. The van der Waals surface area contributed by atoms with Crippen LogP contribution >= 0.6 is 11.3 Å². The van der Waals surface area contributed by atoms with Crippen LogP contribution in [0.15, 0.2) is 45.5 Å². The fourth-order valence-corrected chi connectivity index (χ4v) is 3.09. The lowest BCUT2D eigenvalue weighted by Gasteiger charge is -2.11. The van der Waals surface area contributed by atoms with Gasteiger partial charge in [-0.25, -0.2) is 4.79 Å². The molecular weight excluding hydrogens is 286 g/mol. The number of benzene rings is 1. The molecule has 3 rings (SSSR count). The lowest BCUT2D eigenvalue weighted by atomic mass is 10.1. The molecule has 0 bridgehead atoms. The highest BCUT2D eigenvalue weighted by atomic mass is 32.1. The third-order valence-corrected chi connectivity index (χ3v) is 4.20. The summed E-state index contributed by atoms with van der Waals surface area (Å²) in [6.45, 7) is 2.43. The number of furan rings is 1. The van der Waals surface area contributed by atoms with Crippen LogP contribution in [0.25, 0.3) is 11.0 Å². The Kier molecular flexibility index (Phi) is 3.77. The van der Waals surface area contributed by atoms with Crippen LogP contribution in [0.1, 0.15) is 34.6 Å². The van der Waals surface area contributed by atoms with Gasteiger partial charge >= 0.3 is 5.97 Å². The molecule has 1 aromatic carbocycles. The number of rotatable bonds is 5. The molecule has 2 aromatic heterocycles. The maximum atomic E-state index is 11.5. The Balaban J connectivity index is 1.86. The second-order valence-electron chi connectivity index (χ2n) is 4.86. The van der Waals surface area contributed by atoms with E-state index in [0.717, 1.165) is 0 Å². The molecule has 0 fully saturated rings. The van der Waals surface area contributed by atoms with Gasteiger partial charge in [0.15, 0.2) is 0 Å². The molecule has 0 radical (unpaired) electrons. The highest BCUT2D eigenvalue weighted by Gasteiger charge is 2.20. The van der Waals surface area contributed by atoms with Gasteiger partial charge in [0, 0.05) is 11.4 Å². The SMILES string of the molecule is CC(NCc1oc2ccccc2c1C(=O)O)c1ccsc1. The number of thiophene rings is 1. The van der Waals surface area contributed by atoms with Gasteiger partial charge in [-0.05, 0) is 35.4 Å². The average Bonchev–Trinajstić information content (AvgIpc) is 3.11. The Morgan fingerprint density at radius 2 is 2.19 bits per heavy atom. The third-order valence-electron chi connectivity index (χ3n) is 3.49. The minimum absolute atomic E-state index is 0.145. The average molecular weight is 301 g/mol. The van der Waals surface area contributed by atoms with Gasteiger partial charge in [0.05, 0.1) is 6.54 Å². The maximum absolute atomic E-state index is 11.5. The van der Waals surface area contributed by atoms with Crippen LogP contribution in [0.5, 0.6) is 0 Å². The van der Waals surface area contributed by atoms with Crippen molar-refractivity contribution in [3.63, 3.8) is 0 Å². The molecule has 2 N–H and O–H groups in total. The van der Waals surface area contributed by atoms with Crippen molar-refractivity contribution in [3.05, 3.63) is 58.0 Å². The van der Waals surface area contributed by atoms with E-state index >= 15 is 0 Å². The van der Waals surface area contributed by atoms with Gasteiger partial charge < -0.3 is 14.8 Å². The zero-order valence-corrected chi connectivity index (χ0v) is 12.3. The summed E-state index contributed by atoms with van der Waals surface area (Å²) in [5.41, 5.74) is 2.04. The van der Waals surface area contributed by atoms with E-state index in [-0.39, 0.29) is 11.6 Å². The van der Waals surface area contributed by atoms with Gasteiger partial charge in [0.1, 0.15) is 16.9 Å². The minimum Gasteiger partial charge on any atom is -0.478 e. The number of carboxylic acids is 1. The topological polar surface area (TPSA) is 62.5 Å². The summed E-state index contributed by atoms with van der Waals surface area (Å²) in [5, 5.41) is 17.5. The number of carboxylic acid groups (broad SMARTS) is 1. The number of hydrogen-bond donors (Lipinski definition) is 2. The summed E-state index contributed by atoms with van der Waals surface area (Å²) >= 11 is 1.64. The van der Waals surface area contributed by atoms with Crippen molar-refractivity contribution >= 4 is 28.3 Å². The first-order valence-corrected chi connectivity index (χ1v) is 7.60. The van der Waals surface area contributed by atoms with E-state index in [2.05, 4.69) is 16.8 Å². The van der Waals surface area contributed by atoms with E-state index in [1.54, 1.807) is 23.5 Å². The van der Waals surface area contributed by atoms with E-state index in [1.807, 2.05) is 24.4 Å². The van der Waals surface area contributed by atoms with Crippen molar-refractivity contribution in [2.45, 2.75) is 19.5 Å². The van der Waals surface area contributed by atoms with Crippen molar-refractivity contribution in [1.82, 2.24) is 5.32 Å². The zero-order valence-electron chi connectivity index (χ0n) is 11.5. The Bertz CT molecular complexity index is 761. The normalized spacial score (nSPS) is 12.6. The number of carbonyl (C=O) groups is 1. The summed E-state index contributed by atoms with van der Waals surface area (Å²) in [6, 6.07) is 9.41. The molecule has 108 valence electrons. The summed E-state index contributed by atoms with van der Waals surface area (Å²) < 4.78 is 5.69. The van der Waals surface area contributed by atoms with E-state index in [9.17, 15) is 9.90 Å². The second-order valence-corrected chi connectivity index (χ2v) is 5.64. The molecule has 2 heterocycles. The summed E-state index contributed by atoms with van der Waals surface area (Å²) in [5.74, 6) is -0.495. The summed E-state index contributed by atoms with van der Waals surface area (Å²) in [6.07, 6.45) is 0. The van der Waals surface area contributed by atoms with Crippen molar-refractivity contribution < 1.29 is 14.3 Å². The Morgan fingerprint density at radius 1 is 1.38 bits per heavy atom. The number of aromatic carboxylic acids is 1. The van der Waals surface area contributed by atoms with Crippen LogP contribution in [0.3, 0.4) is 0 Å². The first-order valence-electron chi connectivity index (χ1n) is 6.66. The van der Waals surface area contributed by atoms with Crippen molar-refractivity contribution in [2.24, 2.45) is 0 Å². The first-order chi connectivity index (χ1) is 10.2. The van der Waals surface area contributed by atoms with Gasteiger partial charge in [-0.2, -0.15) is 11.3 Å². The maximum Gasteiger partial charge on any atom is 0.339 e. The monoisotopic (exact) mass is 301 g/mol. The van der Waals surface area contributed by atoms with Crippen LogP contribution < -0.4 is 5.32 Å². The van der Waals surface area contributed by atoms with E-state index < -0.39 is 5.97 Å². The Labute approximate surface area is 126 Å². The molecule has 21 heavy (non-hydrogen) atoms. The van der Waals surface area contributed by atoms with Crippen LogP contribution in [0, 0.1) is 0 Å². The Hall–Kier alpha value is -2.11. The van der Waals surface area contributed by atoms with Gasteiger partial charge in [-0.15, -0.1) is 0 Å². The van der Waals surface area contributed by atoms with Gasteiger partial charge in [0.2, 0.25) is 0 Å². The van der Waals surface area contributed by atoms with Crippen LogP contribution in [0.4, 0.5) is 0 Å². The van der Waals surface area contributed by atoms with Gasteiger partial charge in [0.25, 0.3) is 0 Å². The molecule has 3 aromatic rings. The lowest BCUT2D eigenvalue weighted by molar-refractivity contribution is 0.0696. The molecule has 0 spiro atoms. The number of hydrogen-bond acceptors (Lipinski definition) is 4. The van der Waals surface area contributed by atoms with Crippen molar-refractivity contribution in [3.8, 4) is 0 Å². The molecule has 0 amide bonds. The van der Waals surface area contributed by atoms with Gasteiger partial charge in [-0.3, -0.25) is 0 Å². The van der Waals surface area contributed by atoms with Crippen molar-refractivity contribution in [2.75, 3.05) is 0 Å².